The number of rotatable bonds is 6. The summed E-state index contributed by atoms with van der Waals surface area (Å²) < 4.78 is 4.04. The van der Waals surface area contributed by atoms with E-state index in [1.54, 1.807) is 29.2 Å². The van der Waals surface area contributed by atoms with Crippen LogP contribution in [-0.4, -0.2) is 34.5 Å². The molecule has 5 rings (SSSR count). The molecule has 34 heavy (non-hydrogen) atoms. The van der Waals surface area contributed by atoms with Gasteiger partial charge in [0.05, 0.1) is 22.0 Å². The predicted octanol–water partition coefficient (Wildman–Crippen LogP) is 6.02. The Balaban J connectivity index is 1.66. The van der Waals surface area contributed by atoms with Crippen LogP contribution in [0.3, 0.4) is 0 Å². The third-order valence-electron chi connectivity index (χ3n) is 5.78. The Hall–Kier alpha value is -3.30. The second-order valence-corrected chi connectivity index (χ2v) is 10.5. The molecule has 3 heterocycles. The number of aromatic hydroxyl groups is 2. The average molecular weight is 492 g/mol. The molecule has 2 N–H and O–H groups in total. The van der Waals surface area contributed by atoms with E-state index in [2.05, 4.69) is 43.3 Å². The van der Waals surface area contributed by atoms with E-state index in [1.807, 2.05) is 44.6 Å². The van der Waals surface area contributed by atoms with Crippen LogP contribution in [0.25, 0.3) is 28.0 Å². The Kier molecular flexibility index (Phi) is 5.83. The molecule has 9 heteroatoms. The summed E-state index contributed by atoms with van der Waals surface area (Å²) in [4.78, 5) is 4.56. The van der Waals surface area contributed by atoms with Crippen LogP contribution in [0, 0.1) is 6.92 Å². The van der Waals surface area contributed by atoms with Crippen LogP contribution in [0.2, 0.25) is 0 Å². The molecular formula is C25H25N5O2S2. The van der Waals surface area contributed by atoms with Crippen LogP contribution >= 0.6 is 23.1 Å². The van der Waals surface area contributed by atoms with Crippen molar-refractivity contribution < 1.29 is 10.2 Å². The van der Waals surface area contributed by atoms with Crippen molar-refractivity contribution in [2.75, 3.05) is 0 Å². The molecule has 0 spiro atoms. The highest BCUT2D eigenvalue weighted by atomic mass is 32.2. The van der Waals surface area contributed by atoms with Gasteiger partial charge in [0.1, 0.15) is 11.5 Å². The van der Waals surface area contributed by atoms with Crippen molar-refractivity contribution in [2.45, 2.75) is 37.6 Å². The van der Waals surface area contributed by atoms with Gasteiger partial charge in [-0.15, -0.1) is 21.5 Å². The van der Waals surface area contributed by atoms with Gasteiger partial charge in [0.2, 0.25) is 0 Å². The highest BCUT2D eigenvalue weighted by Gasteiger charge is 2.22. The molecule has 0 aliphatic rings. The Bertz CT molecular complexity index is 1500. The number of hydrogen-bond donors (Lipinski definition) is 2. The molecule has 0 unspecified atom stereocenters. The molecule has 0 saturated heterocycles. The van der Waals surface area contributed by atoms with E-state index in [0.717, 1.165) is 32.9 Å². The number of phenolic OH excluding ortho intramolecular Hbond substituents is 2. The van der Waals surface area contributed by atoms with Gasteiger partial charge < -0.3 is 14.8 Å². The molecule has 0 aliphatic heterocycles. The Morgan fingerprint density at radius 1 is 1.06 bits per heavy atom. The van der Waals surface area contributed by atoms with Crippen LogP contribution in [0.15, 0.2) is 53.1 Å². The highest BCUT2D eigenvalue weighted by molar-refractivity contribution is 7.98. The minimum Gasteiger partial charge on any atom is -0.508 e. The lowest BCUT2D eigenvalue weighted by molar-refractivity contribution is 0.444. The van der Waals surface area contributed by atoms with E-state index in [-0.39, 0.29) is 17.4 Å². The summed E-state index contributed by atoms with van der Waals surface area (Å²) >= 11 is 3.18. The molecule has 0 aliphatic carbocycles. The van der Waals surface area contributed by atoms with Gasteiger partial charge in [-0.25, -0.2) is 4.98 Å². The fourth-order valence-electron chi connectivity index (χ4n) is 4.03. The molecule has 0 radical (unpaired) electrons. The summed E-state index contributed by atoms with van der Waals surface area (Å²) in [7, 11) is 2.02. The molecule has 2 aromatic carbocycles. The molecule has 0 fully saturated rings. The van der Waals surface area contributed by atoms with Crippen molar-refractivity contribution in [3.8, 4) is 28.6 Å². The molecule has 0 amide bonds. The van der Waals surface area contributed by atoms with Gasteiger partial charge in [-0.1, -0.05) is 25.6 Å². The normalized spacial score (nSPS) is 11.7. The van der Waals surface area contributed by atoms with Crippen LogP contribution in [-0.2, 0) is 12.8 Å². The largest absolute Gasteiger partial charge is 0.508 e. The van der Waals surface area contributed by atoms with Crippen molar-refractivity contribution in [3.63, 3.8) is 0 Å². The summed E-state index contributed by atoms with van der Waals surface area (Å²) in [6, 6.07) is 11.5. The van der Waals surface area contributed by atoms with Gasteiger partial charge in [-0.05, 0) is 48.7 Å². The first-order chi connectivity index (χ1) is 16.3. The Morgan fingerprint density at radius 3 is 2.62 bits per heavy atom. The Morgan fingerprint density at radius 2 is 1.88 bits per heavy atom. The molecule has 0 saturated carbocycles. The zero-order valence-corrected chi connectivity index (χ0v) is 21.0. The summed E-state index contributed by atoms with van der Waals surface area (Å²) in [5.74, 6) is 1.30. The van der Waals surface area contributed by atoms with Crippen molar-refractivity contribution in [2.24, 2.45) is 7.05 Å². The summed E-state index contributed by atoms with van der Waals surface area (Å²) in [5, 5.41) is 35.0. The smallest absolute Gasteiger partial charge is 0.196 e. The van der Waals surface area contributed by atoms with Crippen molar-refractivity contribution >= 4 is 34.0 Å². The van der Waals surface area contributed by atoms with E-state index in [9.17, 15) is 10.2 Å². The number of hydrogen-bond acceptors (Lipinski definition) is 7. The predicted molar refractivity (Wildman–Crippen MR) is 137 cm³/mol. The molecule has 7 nitrogen and oxygen atoms in total. The van der Waals surface area contributed by atoms with E-state index >= 15 is 0 Å². The first-order valence-corrected chi connectivity index (χ1v) is 12.8. The SMILES string of the molecule is Cc1nc(CSc2nnc(-c3cc(C(C)C)c(O)cc3O)n2-c2ccc3c(ccn3C)c2)cs1. The number of aromatic nitrogens is 5. The van der Waals surface area contributed by atoms with Crippen LogP contribution < -0.4 is 0 Å². The van der Waals surface area contributed by atoms with E-state index < -0.39 is 0 Å². The van der Waals surface area contributed by atoms with E-state index in [1.165, 1.54) is 6.07 Å². The molecule has 174 valence electrons. The lowest BCUT2D eigenvalue weighted by Gasteiger charge is -2.15. The number of aryl methyl sites for hydroxylation is 2. The van der Waals surface area contributed by atoms with Gasteiger partial charge in [-0.3, -0.25) is 4.57 Å². The number of benzene rings is 2. The maximum Gasteiger partial charge on any atom is 0.196 e. The number of thiazole rings is 1. The van der Waals surface area contributed by atoms with Gasteiger partial charge in [0.15, 0.2) is 11.0 Å². The second kappa shape index (κ2) is 8.81. The summed E-state index contributed by atoms with van der Waals surface area (Å²) in [6.45, 7) is 6.00. The lowest BCUT2D eigenvalue weighted by atomic mass is 9.98. The zero-order valence-electron chi connectivity index (χ0n) is 19.4. The number of thioether (sulfide) groups is 1. The third-order valence-corrected chi connectivity index (χ3v) is 7.57. The summed E-state index contributed by atoms with van der Waals surface area (Å²) in [6.07, 6.45) is 2.03. The van der Waals surface area contributed by atoms with Crippen molar-refractivity contribution in [1.29, 1.82) is 0 Å². The van der Waals surface area contributed by atoms with E-state index in [4.69, 9.17) is 0 Å². The minimum atomic E-state index is -0.0389. The van der Waals surface area contributed by atoms with Gasteiger partial charge in [0, 0.05) is 41.3 Å². The monoisotopic (exact) mass is 491 g/mol. The highest BCUT2D eigenvalue weighted by Crippen LogP contribution is 2.39. The van der Waals surface area contributed by atoms with Crippen LogP contribution in [0.5, 0.6) is 11.5 Å². The van der Waals surface area contributed by atoms with E-state index in [0.29, 0.717) is 22.3 Å². The Labute approximate surface area is 205 Å². The summed E-state index contributed by atoms with van der Waals surface area (Å²) in [5.41, 5.74) is 4.29. The first-order valence-electron chi connectivity index (χ1n) is 10.9. The molecule has 5 aromatic rings. The molecule has 0 atom stereocenters. The first kappa shape index (κ1) is 22.5. The fraction of sp³-hybridized carbons (Fsp3) is 0.240. The van der Waals surface area contributed by atoms with Gasteiger partial charge >= 0.3 is 0 Å². The number of phenols is 2. The fourth-order valence-corrected chi connectivity index (χ4v) is 5.59. The third kappa shape index (κ3) is 4.05. The quantitative estimate of drug-likeness (QED) is 0.283. The van der Waals surface area contributed by atoms with Gasteiger partial charge in [-0.2, -0.15) is 0 Å². The number of nitrogens with zero attached hydrogens (tertiary/aromatic N) is 5. The standard InChI is InChI=1S/C25H25N5O2S2/c1-14(2)19-10-20(23(32)11-22(19)31)24-27-28-25(34-13-17-12-33-15(3)26-17)30(24)18-5-6-21-16(9-18)7-8-29(21)4/h5-12,14,31-32H,13H2,1-4H3. The van der Waals surface area contributed by atoms with Crippen LogP contribution in [0.1, 0.15) is 36.0 Å². The lowest BCUT2D eigenvalue weighted by Crippen LogP contribution is -2.01. The van der Waals surface area contributed by atoms with Crippen LogP contribution in [0.4, 0.5) is 0 Å². The molecule has 0 bridgehead atoms. The van der Waals surface area contributed by atoms with Gasteiger partial charge in [0.25, 0.3) is 0 Å². The number of fused-ring (bicyclic) bond motifs is 1. The average Bonchev–Trinajstić information content (AvgIpc) is 3.50. The topological polar surface area (TPSA) is 89.0 Å². The zero-order chi connectivity index (χ0) is 24.0. The molecule has 3 aromatic heterocycles. The maximum absolute atomic E-state index is 10.8. The minimum absolute atomic E-state index is 0.0389. The second-order valence-electron chi connectivity index (χ2n) is 8.54. The maximum atomic E-state index is 10.8. The molecular weight excluding hydrogens is 466 g/mol. The van der Waals surface area contributed by atoms with Crippen molar-refractivity contribution in [1.82, 2.24) is 24.3 Å². The van der Waals surface area contributed by atoms with Crippen molar-refractivity contribution in [3.05, 3.63) is 64.2 Å².